The van der Waals surface area contributed by atoms with Crippen LogP contribution in [-0.4, -0.2) is 0 Å². The van der Waals surface area contributed by atoms with Crippen molar-refractivity contribution in [2.45, 2.75) is 0 Å². The van der Waals surface area contributed by atoms with Crippen molar-refractivity contribution in [3.8, 4) is 11.5 Å². The number of ether oxygens (including phenoxy) is 1. The summed E-state index contributed by atoms with van der Waals surface area (Å²) in [6.45, 7) is 0. The van der Waals surface area contributed by atoms with E-state index in [-0.39, 0.29) is 0 Å². The Morgan fingerprint density at radius 1 is 0.750 bits per heavy atom. The average molecular weight is 407 g/mol. The first kappa shape index (κ1) is 12.1. The maximum absolute atomic E-state index is 5.75. The van der Waals surface area contributed by atoms with E-state index >= 15 is 0 Å². The van der Waals surface area contributed by atoms with Crippen LogP contribution in [0.1, 0.15) is 0 Å². The van der Waals surface area contributed by atoms with Gasteiger partial charge in [0, 0.05) is 8.95 Å². The number of rotatable bonds is 2. The van der Waals surface area contributed by atoms with Crippen LogP contribution in [0.2, 0.25) is 0 Å². The Bertz CT molecular complexity index is 497. The minimum absolute atomic E-state index is 0.779. The summed E-state index contributed by atoms with van der Waals surface area (Å²) in [5.41, 5.74) is 0. The van der Waals surface area contributed by atoms with Crippen LogP contribution in [0.25, 0.3) is 0 Å². The lowest BCUT2D eigenvalue weighted by Crippen LogP contribution is -1.85. The topological polar surface area (TPSA) is 9.23 Å². The zero-order chi connectivity index (χ0) is 11.5. The van der Waals surface area contributed by atoms with Crippen LogP contribution in [-0.2, 0) is 0 Å². The van der Waals surface area contributed by atoms with Gasteiger partial charge in [-0.15, -0.1) is 0 Å². The van der Waals surface area contributed by atoms with E-state index in [1.165, 1.54) is 0 Å². The fraction of sp³-hybridized carbons (Fsp3) is 0. The normalized spacial score (nSPS) is 10.2. The van der Waals surface area contributed by atoms with Gasteiger partial charge >= 0.3 is 0 Å². The van der Waals surface area contributed by atoms with Crippen molar-refractivity contribution >= 4 is 47.8 Å². The largest absolute Gasteiger partial charge is 0.456 e. The predicted octanol–water partition coefficient (Wildman–Crippen LogP) is 5.77. The molecule has 0 saturated carbocycles. The Morgan fingerprint density at radius 3 is 2.06 bits per heavy atom. The third kappa shape index (κ3) is 2.87. The smallest absolute Gasteiger partial charge is 0.142 e. The Balaban J connectivity index is 2.32. The van der Waals surface area contributed by atoms with Gasteiger partial charge in [0.2, 0.25) is 0 Å². The first-order valence-electron chi connectivity index (χ1n) is 4.54. The second-order valence-corrected chi connectivity index (χ2v) is 5.67. The summed E-state index contributed by atoms with van der Waals surface area (Å²) in [4.78, 5) is 0. The van der Waals surface area contributed by atoms with Gasteiger partial charge in [0.1, 0.15) is 11.5 Å². The highest BCUT2D eigenvalue weighted by atomic mass is 79.9. The minimum atomic E-state index is 0.779. The predicted molar refractivity (Wildman–Crippen MR) is 76.1 cm³/mol. The molecule has 0 heterocycles. The van der Waals surface area contributed by atoms with Crippen LogP contribution in [0.15, 0.2) is 55.9 Å². The van der Waals surface area contributed by atoms with Crippen LogP contribution >= 0.6 is 47.8 Å². The van der Waals surface area contributed by atoms with E-state index in [2.05, 4.69) is 47.8 Å². The molecule has 0 fully saturated rings. The Labute approximate surface area is 119 Å². The van der Waals surface area contributed by atoms with Crippen molar-refractivity contribution in [2.75, 3.05) is 0 Å². The van der Waals surface area contributed by atoms with Gasteiger partial charge in [-0.3, -0.25) is 0 Å². The molecule has 16 heavy (non-hydrogen) atoms. The van der Waals surface area contributed by atoms with E-state index in [1.54, 1.807) is 0 Å². The van der Waals surface area contributed by atoms with Gasteiger partial charge in [0.25, 0.3) is 0 Å². The van der Waals surface area contributed by atoms with Crippen molar-refractivity contribution in [2.24, 2.45) is 0 Å². The zero-order valence-corrected chi connectivity index (χ0v) is 12.8. The molecule has 0 aliphatic heterocycles. The molecule has 0 saturated heterocycles. The Morgan fingerprint density at radius 2 is 1.38 bits per heavy atom. The van der Waals surface area contributed by atoms with Gasteiger partial charge in [-0.2, -0.15) is 0 Å². The fourth-order valence-corrected chi connectivity index (χ4v) is 2.60. The van der Waals surface area contributed by atoms with E-state index in [0.717, 1.165) is 24.9 Å². The average Bonchev–Trinajstić information content (AvgIpc) is 2.27. The van der Waals surface area contributed by atoms with Gasteiger partial charge in [-0.25, -0.2) is 0 Å². The molecule has 0 unspecified atom stereocenters. The molecule has 82 valence electrons. The molecular formula is C12H7Br3O. The van der Waals surface area contributed by atoms with Crippen molar-refractivity contribution < 1.29 is 4.74 Å². The summed E-state index contributed by atoms with van der Waals surface area (Å²) in [5.74, 6) is 1.60. The van der Waals surface area contributed by atoms with E-state index in [0.29, 0.717) is 0 Å². The quantitative estimate of drug-likeness (QED) is 0.575. The highest BCUT2D eigenvalue weighted by Gasteiger charge is 2.06. The maximum Gasteiger partial charge on any atom is 0.142 e. The molecule has 2 aromatic rings. The molecule has 0 aromatic heterocycles. The molecule has 1 nitrogen and oxygen atoms in total. The second-order valence-electron chi connectivity index (χ2n) is 3.11. The van der Waals surface area contributed by atoms with Gasteiger partial charge in [0.15, 0.2) is 0 Å². The molecule has 0 aliphatic rings. The monoisotopic (exact) mass is 404 g/mol. The summed E-state index contributed by atoms with van der Waals surface area (Å²) in [7, 11) is 0. The first-order chi connectivity index (χ1) is 7.66. The molecular weight excluding hydrogens is 400 g/mol. The van der Waals surface area contributed by atoms with Gasteiger partial charge in [-0.1, -0.05) is 18.2 Å². The second kappa shape index (κ2) is 5.34. The molecule has 0 bridgehead atoms. The molecule has 0 amide bonds. The molecule has 0 N–H and O–H groups in total. The Hall–Kier alpha value is -0.320. The van der Waals surface area contributed by atoms with Crippen LogP contribution in [0.3, 0.4) is 0 Å². The van der Waals surface area contributed by atoms with Crippen molar-refractivity contribution in [1.82, 2.24) is 0 Å². The Kier molecular flexibility index (Phi) is 4.05. The lowest BCUT2D eigenvalue weighted by atomic mass is 10.3. The highest BCUT2D eigenvalue weighted by Crippen LogP contribution is 2.36. The third-order valence-corrected chi connectivity index (χ3v) is 4.41. The van der Waals surface area contributed by atoms with Crippen molar-refractivity contribution in [1.29, 1.82) is 0 Å². The molecule has 2 aromatic carbocycles. The van der Waals surface area contributed by atoms with Gasteiger partial charge in [0.05, 0.1) is 4.47 Å². The van der Waals surface area contributed by atoms with E-state index in [1.807, 2.05) is 42.5 Å². The maximum atomic E-state index is 5.75. The number of halogens is 3. The summed E-state index contributed by atoms with van der Waals surface area (Å²) >= 11 is 10.3. The number of hydrogen-bond donors (Lipinski definition) is 0. The van der Waals surface area contributed by atoms with E-state index in [9.17, 15) is 0 Å². The third-order valence-electron chi connectivity index (χ3n) is 1.95. The summed E-state index contributed by atoms with van der Waals surface area (Å²) in [6, 6.07) is 13.5. The van der Waals surface area contributed by atoms with Crippen LogP contribution in [0, 0.1) is 0 Å². The van der Waals surface area contributed by atoms with Gasteiger partial charge < -0.3 is 4.74 Å². The highest BCUT2D eigenvalue weighted by molar-refractivity contribution is 9.13. The summed E-state index contributed by atoms with van der Waals surface area (Å²) in [5, 5.41) is 0. The standard InChI is InChI=1S/C12H7Br3O/c13-9-6-11(15)12(7-10(9)14)16-8-4-2-1-3-5-8/h1-7H. The molecule has 0 radical (unpaired) electrons. The SMILES string of the molecule is Brc1cc(Br)c(Oc2ccccc2)cc1Br. The lowest BCUT2D eigenvalue weighted by molar-refractivity contribution is 0.479. The van der Waals surface area contributed by atoms with Gasteiger partial charge in [-0.05, 0) is 72.1 Å². The lowest BCUT2D eigenvalue weighted by Gasteiger charge is -2.09. The molecule has 0 aliphatic carbocycles. The first-order valence-corrected chi connectivity index (χ1v) is 6.92. The molecule has 2 rings (SSSR count). The molecule has 0 atom stereocenters. The van der Waals surface area contributed by atoms with Crippen LogP contribution in [0.4, 0.5) is 0 Å². The molecule has 0 spiro atoms. The van der Waals surface area contributed by atoms with E-state index in [4.69, 9.17) is 4.74 Å². The molecule has 4 heteroatoms. The number of para-hydroxylation sites is 1. The van der Waals surface area contributed by atoms with E-state index < -0.39 is 0 Å². The number of hydrogen-bond acceptors (Lipinski definition) is 1. The van der Waals surface area contributed by atoms with Crippen LogP contribution < -0.4 is 4.74 Å². The van der Waals surface area contributed by atoms with Crippen LogP contribution in [0.5, 0.6) is 11.5 Å². The van der Waals surface area contributed by atoms with Crippen molar-refractivity contribution in [3.63, 3.8) is 0 Å². The zero-order valence-electron chi connectivity index (χ0n) is 8.08. The summed E-state index contributed by atoms with van der Waals surface area (Å²) in [6.07, 6.45) is 0. The minimum Gasteiger partial charge on any atom is -0.456 e. The number of benzene rings is 2. The van der Waals surface area contributed by atoms with Crippen molar-refractivity contribution in [3.05, 3.63) is 55.9 Å². The fourth-order valence-electron chi connectivity index (χ4n) is 1.20. The summed E-state index contributed by atoms with van der Waals surface area (Å²) < 4.78 is 8.60.